The number of carboxylic acids is 1. The molecule has 0 radical (unpaired) electrons. The number of carbonyl (C=O) groups is 2. The van der Waals surface area contributed by atoms with E-state index in [1.54, 1.807) is 62.4 Å². The molecule has 12 heteroatoms. The number of hydrogen-bond acceptors (Lipinski definition) is 6. The summed E-state index contributed by atoms with van der Waals surface area (Å²) in [6.07, 6.45) is -5.79. The molecule has 0 bridgehead atoms. The van der Waals surface area contributed by atoms with Crippen molar-refractivity contribution in [2.45, 2.75) is 45.1 Å². The summed E-state index contributed by atoms with van der Waals surface area (Å²) in [5.41, 5.74) is 2.44. The van der Waals surface area contributed by atoms with Gasteiger partial charge in [-0.15, -0.1) is 0 Å². The number of amides is 1. The van der Waals surface area contributed by atoms with Crippen molar-refractivity contribution >= 4 is 29.4 Å². The first-order valence-electron chi connectivity index (χ1n) is 12.8. The van der Waals surface area contributed by atoms with E-state index in [2.05, 4.69) is 15.8 Å². The normalized spacial score (nSPS) is 12.9. The quantitative estimate of drug-likeness (QED) is 0.173. The van der Waals surface area contributed by atoms with Crippen molar-refractivity contribution in [1.29, 1.82) is 0 Å². The Bertz CT molecular complexity index is 1540. The molecule has 2 atom stereocenters. The van der Waals surface area contributed by atoms with E-state index in [0.717, 1.165) is 17.7 Å². The van der Waals surface area contributed by atoms with Crippen LogP contribution in [-0.2, 0) is 28.7 Å². The molecule has 0 fully saturated rings. The molecule has 0 saturated carbocycles. The van der Waals surface area contributed by atoms with Gasteiger partial charge in [0.25, 0.3) is 0 Å². The molecule has 220 valence electrons. The average Bonchev–Trinajstić information content (AvgIpc) is 3.30. The van der Waals surface area contributed by atoms with Crippen molar-refractivity contribution < 1.29 is 37.1 Å². The second kappa shape index (κ2) is 13.1. The van der Waals surface area contributed by atoms with Crippen molar-refractivity contribution in [2.24, 2.45) is 0 Å². The van der Waals surface area contributed by atoms with Crippen molar-refractivity contribution in [3.63, 3.8) is 0 Å². The minimum absolute atomic E-state index is 0.00309. The smallest absolute Gasteiger partial charge is 0.416 e. The monoisotopic (exact) mass is 601 g/mol. The first-order chi connectivity index (χ1) is 19.9. The number of halogens is 4. The van der Waals surface area contributed by atoms with E-state index in [0.29, 0.717) is 38.9 Å². The van der Waals surface area contributed by atoms with E-state index >= 15 is 0 Å². The topological polar surface area (TPSA) is 114 Å². The van der Waals surface area contributed by atoms with Crippen LogP contribution in [0.1, 0.15) is 41.0 Å². The van der Waals surface area contributed by atoms with Crippen molar-refractivity contribution in [1.82, 2.24) is 10.5 Å². The van der Waals surface area contributed by atoms with Crippen LogP contribution in [0.2, 0.25) is 5.02 Å². The first-order valence-corrected chi connectivity index (χ1v) is 13.2. The number of hydrogen-bond donors (Lipinski definition) is 3. The second-order valence-corrected chi connectivity index (χ2v) is 9.94. The lowest BCUT2D eigenvalue weighted by Crippen LogP contribution is -2.38. The van der Waals surface area contributed by atoms with Crippen LogP contribution in [0.3, 0.4) is 0 Å². The number of anilines is 1. The molecule has 1 aromatic heterocycles. The van der Waals surface area contributed by atoms with Crippen LogP contribution in [0.25, 0.3) is 11.3 Å². The van der Waals surface area contributed by atoms with Gasteiger partial charge in [-0.2, -0.15) is 13.2 Å². The molecular formula is C30H27ClF3N3O5. The van der Waals surface area contributed by atoms with Gasteiger partial charge in [0.05, 0.1) is 5.56 Å². The minimum atomic E-state index is -4.46. The summed E-state index contributed by atoms with van der Waals surface area (Å²) in [6, 6.07) is 17.4. The molecule has 0 saturated heterocycles. The molecule has 3 N–H and O–H groups in total. The van der Waals surface area contributed by atoms with Gasteiger partial charge in [-0.05, 0) is 49.6 Å². The summed E-state index contributed by atoms with van der Waals surface area (Å²) in [5.74, 6) is -0.824. The Morgan fingerprint density at radius 2 is 1.67 bits per heavy atom. The zero-order chi connectivity index (χ0) is 30.4. The number of aliphatic carboxylic acids is 1. The zero-order valence-corrected chi connectivity index (χ0v) is 23.3. The number of nitrogens with one attached hydrogen (secondary N) is 2. The van der Waals surface area contributed by atoms with Gasteiger partial charge < -0.3 is 19.7 Å². The molecule has 8 nitrogen and oxygen atoms in total. The molecule has 0 aliphatic heterocycles. The number of aryl methyl sites for hydroxylation is 1. The highest BCUT2D eigenvalue weighted by Crippen LogP contribution is 2.32. The van der Waals surface area contributed by atoms with E-state index in [1.165, 1.54) is 12.1 Å². The molecule has 0 aliphatic carbocycles. The van der Waals surface area contributed by atoms with Crippen LogP contribution in [0.5, 0.6) is 0 Å². The Morgan fingerprint density at radius 3 is 2.29 bits per heavy atom. The summed E-state index contributed by atoms with van der Waals surface area (Å²) in [5, 5.41) is 19.6. The van der Waals surface area contributed by atoms with Crippen LogP contribution >= 0.6 is 11.6 Å². The Kier molecular flexibility index (Phi) is 9.54. The summed E-state index contributed by atoms with van der Waals surface area (Å²) in [7, 11) is 0. The molecule has 3 aromatic carbocycles. The Labute approximate surface area is 244 Å². The van der Waals surface area contributed by atoms with Gasteiger partial charge in [0.15, 0.2) is 5.76 Å². The summed E-state index contributed by atoms with van der Waals surface area (Å²) in [4.78, 5) is 24.4. The first kappa shape index (κ1) is 30.6. The van der Waals surface area contributed by atoms with Gasteiger partial charge >= 0.3 is 18.2 Å². The fourth-order valence-corrected chi connectivity index (χ4v) is 4.49. The van der Waals surface area contributed by atoms with E-state index in [1.807, 2.05) is 0 Å². The molecule has 1 amide bonds. The van der Waals surface area contributed by atoms with E-state index in [4.69, 9.17) is 20.9 Å². The number of aromatic nitrogens is 1. The lowest BCUT2D eigenvalue weighted by atomic mass is 10.0. The number of rotatable bonds is 10. The van der Waals surface area contributed by atoms with Gasteiger partial charge in [-0.3, -0.25) is 10.1 Å². The molecule has 1 heterocycles. The lowest BCUT2D eigenvalue weighted by molar-refractivity contribution is -0.140. The third-order valence-electron chi connectivity index (χ3n) is 6.50. The molecule has 4 aromatic rings. The maximum Gasteiger partial charge on any atom is 0.416 e. The van der Waals surface area contributed by atoms with E-state index < -0.39 is 35.9 Å². The Balaban J connectivity index is 1.38. The third kappa shape index (κ3) is 7.68. The minimum Gasteiger partial charge on any atom is -0.480 e. The summed E-state index contributed by atoms with van der Waals surface area (Å²) < 4.78 is 49.4. The number of carboxylic acid groups (broad SMARTS) is 1. The molecular weight excluding hydrogens is 575 g/mol. The highest BCUT2D eigenvalue weighted by Gasteiger charge is 2.30. The van der Waals surface area contributed by atoms with Crippen LogP contribution in [-0.4, -0.2) is 28.4 Å². The van der Waals surface area contributed by atoms with Crippen molar-refractivity contribution in [3.8, 4) is 11.3 Å². The van der Waals surface area contributed by atoms with Crippen LogP contribution in [0.4, 0.5) is 23.7 Å². The Hall–Kier alpha value is -4.35. The van der Waals surface area contributed by atoms with Gasteiger partial charge in [0.2, 0.25) is 0 Å². The molecule has 0 spiro atoms. The molecule has 42 heavy (non-hydrogen) atoms. The predicted octanol–water partition coefficient (Wildman–Crippen LogP) is 7.42. The standard InChI is InChI=1S/C30H27ClF3N3O5/c1-17-26(36-29(40)41-18(2)23-5-3-4-6-24(23)31)27(42-37-17)21-11-7-20(8-12-21)16-35-25(28(38)39)15-19-9-13-22(14-10-19)30(32,33)34/h3-14,18,25,35H,15-16H2,1-2H3,(H,36,40)(H,38,39)/t18-,25?/m1/s1. The maximum atomic E-state index is 12.8. The van der Waals surface area contributed by atoms with Crippen molar-refractivity contribution in [3.05, 3.63) is 106 Å². The van der Waals surface area contributed by atoms with Gasteiger partial charge in [0.1, 0.15) is 23.5 Å². The van der Waals surface area contributed by atoms with Gasteiger partial charge in [-0.25, -0.2) is 4.79 Å². The molecule has 4 rings (SSSR count). The highest BCUT2D eigenvalue weighted by molar-refractivity contribution is 6.31. The van der Waals surface area contributed by atoms with Crippen LogP contribution < -0.4 is 10.6 Å². The summed E-state index contributed by atoms with van der Waals surface area (Å²) >= 11 is 6.19. The summed E-state index contributed by atoms with van der Waals surface area (Å²) in [6.45, 7) is 3.55. The fraction of sp³-hybridized carbons (Fsp3) is 0.233. The SMILES string of the molecule is Cc1noc(-c2ccc(CNC(Cc3ccc(C(F)(F)F)cc3)C(=O)O)cc2)c1NC(=O)O[C@H](C)c1ccccc1Cl. The van der Waals surface area contributed by atoms with E-state index in [-0.39, 0.29) is 13.0 Å². The number of ether oxygens (including phenoxy) is 1. The number of carbonyl (C=O) groups excluding carboxylic acids is 1. The maximum absolute atomic E-state index is 12.8. The lowest BCUT2D eigenvalue weighted by Gasteiger charge is -2.16. The number of benzene rings is 3. The van der Waals surface area contributed by atoms with Gasteiger partial charge in [-0.1, -0.05) is 71.4 Å². The van der Waals surface area contributed by atoms with E-state index in [9.17, 15) is 27.9 Å². The van der Waals surface area contributed by atoms with Gasteiger partial charge in [0, 0.05) is 22.7 Å². The largest absolute Gasteiger partial charge is 0.480 e. The number of alkyl halides is 3. The zero-order valence-electron chi connectivity index (χ0n) is 22.5. The average molecular weight is 602 g/mol. The highest BCUT2D eigenvalue weighted by atomic mass is 35.5. The number of nitrogens with zero attached hydrogens (tertiary/aromatic N) is 1. The Morgan fingerprint density at radius 1 is 1.02 bits per heavy atom. The third-order valence-corrected chi connectivity index (χ3v) is 6.85. The molecule has 0 aliphatic rings. The van der Waals surface area contributed by atoms with Crippen LogP contribution in [0.15, 0.2) is 77.3 Å². The second-order valence-electron chi connectivity index (χ2n) is 9.53. The van der Waals surface area contributed by atoms with Crippen molar-refractivity contribution in [2.75, 3.05) is 5.32 Å². The van der Waals surface area contributed by atoms with Crippen LogP contribution in [0, 0.1) is 6.92 Å². The fourth-order valence-electron chi connectivity index (χ4n) is 4.20. The molecule has 1 unspecified atom stereocenters. The predicted molar refractivity (Wildman–Crippen MR) is 150 cm³/mol.